The Morgan fingerprint density at radius 1 is 1.27 bits per heavy atom. The van der Waals surface area contributed by atoms with Crippen molar-refractivity contribution in [3.8, 4) is 11.3 Å². The molecule has 0 amide bonds. The van der Waals surface area contributed by atoms with Crippen molar-refractivity contribution in [2.24, 2.45) is 0 Å². The molecule has 5 heteroatoms. The van der Waals surface area contributed by atoms with Crippen LogP contribution in [0, 0.1) is 0 Å². The van der Waals surface area contributed by atoms with E-state index in [9.17, 15) is 4.79 Å². The molecule has 0 saturated carbocycles. The largest absolute Gasteiger partial charge is 0.476 e. The van der Waals surface area contributed by atoms with Crippen molar-refractivity contribution in [1.29, 1.82) is 0 Å². The van der Waals surface area contributed by atoms with Gasteiger partial charge in [0.25, 0.3) is 0 Å². The predicted octanol–water partition coefficient (Wildman–Crippen LogP) is 3.24. The Labute approximate surface area is 129 Å². The molecule has 2 aromatic rings. The minimum absolute atomic E-state index is 0.0640. The van der Waals surface area contributed by atoms with E-state index in [0.29, 0.717) is 11.7 Å². The van der Waals surface area contributed by atoms with Gasteiger partial charge in [-0.05, 0) is 50.9 Å². The van der Waals surface area contributed by atoms with Crippen molar-refractivity contribution in [3.05, 3.63) is 41.6 Å². The molecule has 0 bridgehead atoms. The van der Waals surface area contributed by atoms with E-state index in [-0.39, 0.29) is 5.69 Å². The molecule has 1 aliphatic heterocycles. The SMILES string of the molecule is CN1CCCC(c2ccc(-c3cc(C(=O)O)no3)cc2)CC1. The number of hydrogen-bond acceptors (Lipinski definition) is 4. The second-order valence-electron chi connectivity index (χ2n) is 5.93. The Hall–Kier alpha value is -2.14. The van der Waals surface area contributed by atoms with Crippen molar-refractivity contribution >= 4 is 5.97 Å². The summed E-state index contributed by atoms with van der Waals surface area (Å²) in [5, 5.41) is 12.4. The zero-order chi connectivity index (χ0) is 15.5. The van der Waals surface area contributed by atoms with Gasteiger partial charge in [-0.1, -0.05) is 29.4 Å². The van der Waals surface area contributed by atoms with Gasteiger partial charge in [0, 0.05) is 11.6 Å². The van der Waals surface area contributed by atoms with E-state index in [4.69, 9.17) is 9.63 Å². The smallest absolute Gasteiger partial charge is 0.358 e. The van der Waals surface area contributed by atoms with Gasteiger partial charge in [-0.15, -0.1) is 0 Å². The van der Waals surface area contributed by atoms with E-state index in [1.807, 2.05) is 12.1 Å². The molecule has 3 rings (SSSR count). The van der Waals surface area contributed by atoms with Crippen LogP contribution in [0.4, 0.5) is 0 Å². The van der Waals surface area contributed by atoms with Gasteiger partial charge in [-0.3, -0.25) is 0 Å². The summed E-state index contributed by atoms with van der Waals surface area (Å²) in [4.78, 5) is 13.2. The van der Waals surface area contributed by atoms with Crippen LogP contribution in [0.3, 0.4) is 0 Å². The molecule has 1 aliphatic rings. The van der Waals surface area contributed by atoms with Gasteiger partial charge >= 0.3 is 5.97 Å². The summed E-state index contributed by atoms with van der Waals surface area (Å²) in [6.45, 7) is 2.31. The summed E-state index contributed by atoms with van der Waals surface area (Å²) < 4.78 is 5.09. The van der Waals surface area contributed by atoms with Crippen molar-refractivity contribution in [3.63, 3.8) is 0 Å². The lowest BCUT2D eigenvalue weighted by atomic mass is 9.91. The number of rotatable bonds is 3. The van der Waals surface area contributed by atoms with E-state index in [0.717, 1.165) is 12.1 Å². The van der Waals surface area contributed by atoms with Crippen LogP contribution in [0.25, 0.3) is 11.3 Å². The first-order valence-corrected chi connectivity index (χ1v) is 7.62. The van der Waals surface area contributed by atoms with E-state index in [1.54, 1.807) is 0 Å². The maximum absolute atomic E-state index is 10.8. The highest BCUT2D eigenvalue weighted by atomic mass is 16.5. The minimum atomic E-state index is -1.07. The van der Waals surface area contributed by atoms with Crippen molar-refractivity contribution in [2.75, 3.05) is 20.1 Å². The number of carbonyl (C=O) groups is 1. The number of carboxylic acid groups (broad SMARTS) is 1. The number of aromatic carboxylic acids is 1. The van der Waals surface area contributed by atoms with E-state index < -0.39 is 5.97 Å². The third-order valence-corrected chi connectivity index (χ3v) is 4.35. The van der Waals surface area contributed by atoms with Crippen molar-refractivity contribution < 1.29 is 14.4 Å². The Kier molecular flexibility index (Phi) is 4.24. The fourth-order valence-corrected chi connectivity index (χ4v) is 3.00. The summed E-state index contributed by atoms with van der Waals surface area (Å²) in [6, 6.07) is 9.66. The van der Waals surface area contributed by atoms with Crippen molar-refractivity contribution in [1.82, 2.24) is 10.1 Å². The molecular formula is C17H20N2O3. The lowest BCUT2D eigenvalue weighted by Crippen LogP contribution is -2.18. The van der Waals surface area contributed by atoms with Gasteiger partial charge < -0.3 is 14.5 Å². The molecule has 5 nitrogen and oxygen atoms in total. The van der Waals surface area contributed by atoms with Gasteiger partial charge in [0.2, 0.25) is 0 Å². The number of carboxylic acids is 1. The Bertz CT molecular complexity index is 648. The zero-order valence-electron chi connectivity index (χ0n) is 12.7. The fraction of sp³-hybridized carbons (Fsp3) is 0.412. The molecule has 1 saturated heterocycles. The number of aromatic nitrogens is 1. The lowest BCUT2D eigenvalue weighted by Gasteiger charge is -2.15. The average molecular weight is 300 g/mol. The zero-order valence-corrected chi connectivity index (χ0v) is 12.7. The molecule has 0 aliphatic carbocycles. The third kappa shape index (κ3) is 3.20. The second kappa shape index (κ2) is 6.32. The highest BCUT2D eigenvalue weighted by Gasteiger charge is 2.17. The quantitative estimate of drug-likeness (QED) is 0.942. The molecule has 116 valence electrons. The molecule has 1 fully saturated rings. The monoisotopic (exact) mass is 300 g/mol. The first-order chi connectivity index (χ1) is 10.6. The average Bonchev–Trinajstić information content (AvgIpc) is 2.92. The van der Waals surface area contributed by atoms with Crippen LogP contribution in [0.2, 0.25) is 0 Å². The van der Waals surface area contributed by atoms with Gasteiger partial charge in [0.05, 0.1) is 0 Å². The van der Waals surface area contributed by atoms with Crippen LogP contribution in [0.15, 0.2) is 34.9 Å². The van der Waals surface area contributed by atoms with E-state index in [1.165, 1.54) is 37.4 Å². The summed E-state index contributed by atoms with van der Waals surface area (Å²) in [6.07, 6.45) is 3.63. The lowest BCUT2D eigenvalue weighted by molar-refractivity contribution is 0.0686. The van der Waals surface area contributed by atoms with Gasteiger partial charge in [-0.25, -0.2) is 4.79 Å². The Morgan fingerprint density at radius 2 is 2.05 bits per heavy atom. The normalized spacial score (nSPS) is 19.8. The molecule has 0 radical (unpaired) electrons. The number of benzene rings is 1. The van der Waals surface area contributed by atoms with Gasteiger partial charge in [0.1, 0.15) is 0 Å². The summed E-state index contributed by atoms with van der Waals surface area (Å²) in [7, 11) is 2.18. The minimum Gasteiger partial charge on any atom is -0.476 e. The van der Waals surface area contributed by atoms with Crippen LogP contribution in [-0.2, 0) is 0 Å². The van der Waals surface area contributed by atoms with E-state index >= 15 is 0 Å². The summed E-state index contributed by atoms with van der Waals surface area (Å²) in [5.74, 6) is 0.0158. The molecule has 1 aromatic carbocycles. The van der Waals surface area contributed by atoms with Gasteiger partial charge in [0.15, 0.2) is 11.5 Å². The maximum Gasteiger partial charge on any atom is 0.358 e. The maximum atomic E-state index is 10.8. The van der Waals surface area contributed by atoms with E-state index in [2.05, 4.69) is 29.2 Å². The second-order valence-corrected chi connectivity index (χ2v) is 5.93. The fourth-order valence-electron chi connectivity index (χ4n) is 3.00. The predicted molar refractivity (Wildman–Crippen MR) is 83.0 cm³/mol. The first-order valence-electron chi connectivity index (χ1n) is 7.62. The Morgan fingerprint density at radius 3 is 2.73 bits per heavy atom. The molecule has 0 spiro atoms. The standard InChI is InChI=1S/C17H20N2O3/c1-19-9-2-3-12(8-10-19)13-4-6-14(7-5-13)16-11-15(17(20)21)18-22-16/h4-7,11-12H,2-3,8-10H2,1H3,(H,20,21). The Balaban J connectivity index is 1.75. The number of likely N-dealkylation sites (tertiary alicyclic amines) is 1. The summed E-state index contributed by atoms with van der Waals surface area (Å²) in [5.41, 5.74) is 2.14. The molecular weight excluding hydrogens is 280 g/mol. The summed E-state index contributed by atoms with van der Waals surface area (Å²) >= 11 is 0. The molecule has 1 N–H and O–H groups in total. The van der Waals surface area contributed by atoms with Gasteiger partial charge in [-0.2, -0.15) is 0 Å². The molecule has 22 heavy (non-hydrogen) atoms. The number of nitrogens with zero attached hydrogens (tertiary/aromatic N) is 2. The van der Waals surface area contributed by atoms with Crippen LogP contribution >= 0.6 is 0 Å². The molecule has 1 unspecified atom stereocenters. The van der Waals surface area contributed by atoms with Crippen LogP contribution in [-0.4, -0.2) is 41.3 Å². The highest BCUT2D eigenvalue weighted by Crippen LogP contribution is 2.29. The molecule has 1 aromatic heterocycles. The highest BCUT2D eigenvalue weighted by molar-refractivity contribution is 5.86. The third-order valence-electron chi connectivity index (χ3n) is 4.35. The first kappa shape index (κ1) is 14.8. The topological polar surface area (TPSA) is 66.6 Å². The van der Waals surface area contributed by atoms with Crippen LogP contribution < -0.4 is 0 Å². The van der Waals surface area contributed by atoms with Crippen molar-refractivity contribution in [2.45, 2.75) is 25.2 Å². The molecule has 1 atom stereocenters. The number of hydrogen-bond donors (Lipinski definition) is 1. The van der Waals surface area contributed by atoms with Crippen LogP contribution in [0.1, 0.15) is 41.2 Å². The van der Waals surface area contributed by atoms with Crippen LogP contribution in [0.5, 0.6) is 0 Å². The molecule has 2 heterocycles.